The Hall–Kier alpha value is -1.51. The Bertz CT molecular complexity index is 469. The fourth-order valence-corrected chi connectivity index (χ4v) is 2.20. The molecule has 0 aromatic heterocycles. The summed E-state index contributed by atoms with van der Waals surface area (Å²) < 4.78 is 5.36. The number of ether oxygens (including phenoxy) is 1. The highest BCUT2D eigenvalue weighted by atomic mass is 16.6. The number of nitrogens with one attached hydrogen (secondary N) is 1. The standard InChI is InChI=1S/C19H31NO2/c1-13(2)16-10-8-15(9-11-16)12-17(14(3)4)20-18(21)22-19(5,6)7/h8-11,13-14,17H,12H2,1-7H3,(H,20,21)/t17-/m0/s1. The van der Waals surface area contributed by atoms with E-state index in [0.29, 0.717) is 11.8 Å². The van der Waals surface area contributed by atoms with Crippen LogP contribution in [0.25, 0.3) is 0 Å². The summed E-state index contributed by atoms with van der Waals surface area (Å²) in [5.74, 6) is 0.882. The lowest BCUT2D eigenvalue weighted by atomic mass is 9.94. The van der Waals surface area contributed by atoms with Crippen LogP contribution in [-0.4, -0.2) is 17.7 Å². The lowest BCUT2D eigenvalue weighted by molar-refractivity contribution is 0.0490. The summed E-state index contributed by atoms with van der Waals surface area (Å²) >= 11 is 0. The van der Waals surface area contributed by atoms with E-state index in [4.69, 9.17) is 4.74 Å². The van der Waals surface area contributed by atoms with Crippen molar-refractivity contribution in [3.8, 4) is 0 Å². The topological polar surface area (TPSA) is 38.3 Å². The van der Waals surface area contributed by atoms with Gasteiger partial charge in [-0.15, -0.1) is 0 Å². The first-order chi connectivity index (χ1) is 10.1. The van der Waals surface area contributed by atoms with Gasteiger partial charge in [-0.25, -0.2) is 4.79 Å². The average Bonchev–Trinajstić information content (AvgIpc) is 2.36. The normalized spacial score (nSPS) is 13.3. The minimum absolute atomic E-state index is 0.0692. The number of alkyl carbamates (subject to hydrolysis) is 1. The first-order valence-corrected chi connectivity index (χ1v) is 8.17. The van der Waals surface area contributed by atoms with Crippen LogP contribution in [0.15, 0.2) is 24.3 Å². The molecule has 3 nitrogen and oxygen atoms in total. The molecule has 1 atom stereocenters. The van der Waals surface area contributed by atoms with Crippen molar-refractivity contribution in [3.05, 3.63) is 35.4 Å². The highest BCUT2D eigenvalue weighted by Gasteiger charge is 2.21. The Labute approximate surface area is 135 Å². The molecule has 0 bridgehead atoms. The second-order valence-corrected chi connectivity index (χ2v) is 7.60. The van der Waals surface area contributed by atoms with Crippen molar-refractivity contribution in [3.63, 3.8) is 0 Å². The maximum Gasteiger partial charge on any atom is 0.407 e. The van der Waals surface area contributed by atoms with E-state index in [2.05, 4.69) is 57.3 Å². The summed E-state index contributed by atoms with van der Waals surface area (Å²) in [6.07, 6.45) is 0.472. The Morgan fingerprint density at radius 3 is 2.05 bits per heavy atom. The van der Waals surface area contributed by atoms with Crippen LogP contribution in [0.2, 0.25) is 0 Å². The maximum atomic E-state index is 12.0. The van der Waals surface area contributed by atoms with Crippen LogP contribution in [0, 0.1) is 5.92 Å². The van der Waals surface area contributed by atoms with Crippen molar-refractivity contribution in [2.75, 3.05) is 0 Å². The molecule has 1 N–H and O–H groups in total. The van der Waals surface area contributed by atoms with Gasteiger partial charge in [0, 0.05) is 6.04 Å². The molecule has 0 spiro atoms. The van der Waals surface area contributed by atoms with E-state index in [1.807, 2.05) is 20.8 Å². The van der Waals surface area contributed by atoms with Crippen molar-refractivity contribution in [1.82, 2.24) is 5.32 Å². The molecule has 22 heavy (non-hydrogen) atoms. The van der Waals surface area contributed by atoms with Gasteiger partial charge in [-0.05, 0) is 50.2 Å². The zero-order chi connectivity index (χ0) is 16.9. The minimum Gasteiger partial charge on any atom is -0.444 e. The molecule has 1 rings (SSSR count). The van der Waals surface area contributed by atoms with Gasteiger partial charge in [-0.2, -0.15) is 0 Å². The number of carbonyl (C=O) groups excluding carboxylic acids is 1. The second-order valence-electron chi connectivity index (χ2n) is 7.60. The van der Waals surface area contributed by atoms with Gasteiger partial charge in [-0.3, -0.25) is 0 Å². The number of hydrogen-bond acceptors (Lipinski definition) is 2. The molecule has 0 saturated carbocycles. The molecule has 1 amide bonds. The predicted octanol–water partition coefficient (Wildman–Crippen LogP) is 4.90. The molecule has 0 aliphatic rings. The van der Waals surface area contributed by atoms with E-state index in [9.17, 15) is 4.79 Å². The SMILES string of the molecule is CC(C)c1ccc(C[C@H](NC(=O)OC(C)(C)C)C(C)C)cc1. The second kappa shape index (κ2) is 7.66. The molecule has 3 heteroatoms. The summed E-state index contributed by atoms with van der Waals surface area (Å²) in [7, 11) is 0. The van der Waals surface area contributed by atoms with E-state index in [-0.39, 0.29) is 12.1 Å². The van der Waals surface area contributed by atoms with Crippen LogP contribution in [-0.2, 0) is 11.2 Å². The highest BCUT2D eigenvalue weighted by molar-refractivity contribution is 5.68. The maximum absolute atomic E-state index is 12.0. The first kappa shape index (κ1) is 18.5. The van der Waals surface area contributed by atoms with Gasteiger partial charge < -0.3 is 10.1 Å². The molecule has 0 saturated heterocycles. The molecule has 0 fully saturated rings. The lowest BCUT2D eigenvalue weighted by Crippen LogP contribution is -2.43. The fourth-order valence-electron chi connectivity index (χ4n) is 2.20. The third-order valence-electron chi connectivity index (χ3n) is 3.61. The number of amides is 1. The monoisotopic (exact) mass is 305 g/mol. The van der Waals surface area contributed by atoms with E-state index < -0.39 is 5.60 Å². The number of carbonyl (C=O) groups is 1. The highest BCUT2D eigenvalue weighted by Crippen LogP contribution is 2.17. The number of rotatable bonds is 5. The molecule has 0 aliphatic carbocycles. The Morgan fingerprint density at radius 2 is 1.64 bits per heavy atom. The summed E-state index contributed by atoms with van der Waals surface area (Å²) in [5, 5.41) is 3.00. The van der Waals surface area contributed by atoms with Gasteiger partial charge in [0.05, 0.1) is 0 Å². The largest absolute Gasteiger partial charge is 0.444 e. The summed E-state index contributed by atoms with van der Waals surface area (Å²) in [6, 6.07) is 8.72. The van der Waals surface area contributed by atoms with Gasteiger partial charge in [-0.1, -0.05) is 52.0 Å². The molecule has 0 aliphatic heterocycles. The summed E-state index contributed by atoms with van der Waals surface area (Å²) in [4.78, 5) is 12.0. The molecule has 0 radical (unpaired) electrons. The van der Waals surface area contributed by atoms with E-state index in [1.165, 1.54) is 11.1 Å². The summed E-state index contributed by atoms with van der Waals surface area (Å²) in [6.45, 7) is 14.2. The molecule has 124 valence electrons. The van der Waals surface area contributed by atoms with Crippen LogP contribution >= 0.6 is 0 Å². The van der Waals surface area contributed by atoms with E-state index in [0.717, 1.165) is 6.42 Å². The van der Waals surface area contributed by atoms with Gasteiger partial charge in [0.1, 0.15) is 5.60 Å². The zero-order valence-corrected chi connectivity index (χ0v) is 15.1. The average molecular weight is 305 g/mol. The van der Waals surface area contributed by atoms with Crippen molar-refractivity contribution < 1.29 is 9.53 Å². The number of hydrogen-bond donors (Lipinski definition) is 1. The van der Waals surface area contributed by atoms with Crippen molar-refractivity contribution in [2.45, 2.75) is 72.4 Å². The quantitative estimate of drug-likeness (QED) is 0.840. The van der Waals surface area contributed by atoms with Gasteiger partial charge in [0.2, 0.25) is 0 Å². The first-order valence-electron chi connectivity index (χ1n) is 8.17. The van der Waals surface area contributed by atoms with Crippen molar-refractivity contribution in [2.24, 2.45) is 5.92 Å². The molecule has 0 unspecified atom stereocenters. The Balaban J connectivity index is 2.70. The third kappa shape index (κ3) is 6.50. The van der Waals surface area contributed by atoms with Crippen LogP contribution < -0.4 is 5.32 Å². The molecular weight excluding hydrogens is 274 g/mol. The van der Waals surface area contributed by atoms with Crippen molar-refractivity contribution in [1.29, 1.82) is 0 Å². The smallest absolute Gasteiger partial charge is 0.407 e. The van der Waals surface area contributed by atoms with Crippen LogP contribution in [0.3, 0.4) is 0 Å². The molecule has 0 heterocycles. The Morgan fingerprint density at radius 1 is 1.09 bits per heavy atom. The molecule has 1 aromatic rings. The van der Waals surface area contributed by atoms with Gasteiger partial charge >= 0.3 is 6.09 Å². The van der Waals surface area contributed by atoms with Crippen LogP contribution in [0.4, 0.5) is 4.79 Å². The lowest BCUT2D eigenvalue weighted by Gasteiger charge is -2.26. The minimum atomic E-state index is -0.468. The van der Waals surface area contributed by atoms with Crippen LogP contribution in [0.1, 0.15) is 65.5 Å². The molecular formula is C19H31NO2. The predicted molar refractivity (Wildman–Crippen MR) is 92.2 cm³/mol. The fraction of sp³-hybridized carbons (Fsp3) is 0.632. The van der Waals surface area contributed by atoms with Crippen LogP contribution in [0.5, 0.6) is 0 Å². The number of benzene rings is 1. The van der Waals surface area contributed by atoms with Crippen molar-refractivity contribution >= 4 is 6.09 Å². The third-order valence-corrected chi connectivity index (χ3v) is 3.61. The zero-order valence-electron chi connectivity index (χ0n) is 15.1. The van der Waals surface area contributed by atoms with Gasteiger partial charge in [0.15, 0.2) is 0 Å². The van der Waals surface area contributed by atoms with E-state index >= 15 is 0 Å². The molecule has 1 aromatic carbocycles. The van der Waals surface area contributed by atoms with Gasteiger partial charge in [0.25, 0.3) is 0 Å². The van der Waals surface area contributed by atoms with E-state index in [1.54, 1.807) is 0 Å². The summed E-state index contributed by atoms with van der Waals surface area (Å²) in [5.41, 5.74) is 2.11. The Kier molecular flexibility index (Phi) is 6.46.